The number of nitrogens with two attached hydrogens (primary N) is 1. The summed E-state index contributed by atoms with van der Waals surface area (Å²) in [5, 5.41) is 0.715. The molecule has 2 amide bonds. The Balaban J connectivity index is 1.85. The molecule has 0 saturated heterocycles. The zero-order chi connectivity index (χ0) is 22.8. The molecule has 4 aromatic rings. The number of aryl methyl sites for hydroxylation is 1. The highest BCUT2D eigenvalue weighted by Crippen LogP contribution is 2.36. The molecule has 164 valence electrons. The number of hydrogen-bond acceptors (Lipinski definition) is 4. The maximum Gasteiger partial charge on any atom is 0.414 e. The summed E-state index contributed by atoms with van der Waals surface area (Å²) in [5.74, 6) is 0.181. The zero-order valence-corrected chi connectivity index (χ0v) is 18.3. The summed E-state index contributed by atoms with van der Waals surface area (Å²) in [6.07, 6.45) is 1.84. The molecule has 0 aliphatic rings. The molecule has 4 rings (SSSR count). The van der Waals surface area contributed by atoms with E-state index in [0.29, 0.717) is 41.0 Å². The van der Waals surface area contributed by atoms with Gasteiger partial charge >= 0.3 is 6.09 Å². The number of carbonyl (C=O) groups excluding carboxylic acids is 2. The molecule has 7 nitrogen and oxygen atoms in total. The van der Waals surface area contributed by atoms with Crippen LogP contribution in [0.5, 0.6) is 11.5 Å². The van der Waals surface area contributed by atoms with Gasteiger partial charge in [-0.15, -0.1) is 0 Å². The largest absolute Gasteiger partial charge is 0.491 e. The fourth-order valence-electron chi connectivity index (χ4n) is 3.69. The van der Waals surface area contributed by atoms with E-state index in [0.717, 1.165) is 16.6 Å². The summed E-state index contributed by atoms with van der Waals surface area (Å²) in [6, 6.07) is 17.3. The first-order chi connectivity index (χ1) is 15.3. The Kier molecular flexibility index (Phi) is 5.73. The number of carbonyl (C=O) groups is 2. The van der Waals surface area contributed by atoms with Crippen molar-refractivity contribution in [2.45, 2.75) is 13.3 Å². The summed E-state index contributed by atoms with van der Waals surface area (Å²) in [5.41, 5.74) is 9.64. The molecule has 0 unspecified atom stereocenters. The minimum absolute atomic E-state index is 0.306. The first-order valence-corrected chi connectivity index (χ1v) is 10.3. The smallest absolute Gasteiger partial charge is 0.414 e. The normalized spacial score (nSPS) is 11.0. The van der Waals surface area contributed by atoms with Crippen LogP contribution in [0.1, 0.15) is 21.5 Å². The van der Waals surface area contributed by atoms with Gasteiger partial charge < -0.3 is 24.5 Å². The fraction of sp³-hybridized carbons (Fsp3) is 0.200. The molecule has 2 N–H and O–H groups in total. The van der Waals surface area contributed by atoms with Crippen LogP contribution in [0, 0.1) is 6.92 Å². The summed E-state index contributed by atoms with van der Waals surface area (Å²) in [4.78, 5) is 25.9. The monoisotopic (exact) mass is 431 g/mol. The van der Waals surface area contributed by atoms with Crippen LogP contribution in [-0.2, 0) is 6.42 Å². The van der Waals surface area contributed by atoms with E-state index in [-0.39, 0.29) is 0 Å². The lowest BCUT2D eigenvalue weighted by molar-refractivity contribution is 0.100. The first-order valence-electron chi connectivity index (χ1n) is 10.3. The number of fused-ring (bicyclic) bond motifs is 3. The summed E-state index contributed by atoms with van der Waals surface area (Å²) >= 11 is 0. The van der Waals surface area contributed by atoms with Crippen molar-refractivity contribution in [2.75, 3.05) is 20.7 Å². The van der Waals surface area contributed by atoms with Crippen LogP contribution >= 0.6 is 0 Å². The maximum atomic E-state index is 12.4. The minimum Gasteiger partial charge on any atom is -0.491 e. The van der Waals surface area contributed by atoms with E-state index in [9.17, 15) is 9.59 Å². The second kappa shape index (κ2) is 8.63. The van der Waals surface area contributed by atoms with E-state index in [4.69, 9.17) is 15.2 Å². The molecular weight excluding hydrogens is 406 g/mol. The standard InChI is InChI=1S/C25H25N3O4/c1-16-9-10-19-20(13-16)28-15-18(32-25(30)27(2)3)14-21(23(28)22(19)24(26)29)31-12-11-17-7-5-4-6-8-17/h4-10,13-15H,11-12H2,1-3H3,(H2,26,29). The third-order valence-electron chi connectivity index (χ3n) is 5.23. The molecule has 2 aromatic carbocycles. The molecule has 0 aliphatic heterocycles. The maximum absolute atomic E-state index is 12.4. The molecule has 0 bridgehead atoms. The van der Waals surface area contributed by atoms with Gasteiger partial charge in [0.05, 0.1) is 23.9 Å². The molecular formula is C25H25N3O4. The SMILES string of the molecule is Cc1ccc2c(C(N)=O)c3c(OCCc4ccccc4)cc(OC(=O)N(C)C)cn3c2c1. The van der Waals surface area contributed by atoms with Crippen molar-refractivity contribution in [1.29, 1.82) is 0 Å². The average molecular weight is 431 g/mol. The number of ether oxygens (including phenoxy) is 2. The van der Waals surface area contributed by atoms with Crippen LogP contribution in [0.4, 0.5) is 4.79 Å². The Morgan fingerprint density at radius 1 is 1.06 bits per heavy atom. The lowest BCUT2D eigenvalue weighted by Crippen LogP contribution is -2.25. The van der Waals surface area contributed by atoms with Crippen molar-refractivity contribution in [3.63, 3.8) is 0 Å². The van der Waals surface area contributed by atoms with Gasteiger partial charge in [-0.1, -0.05) is 42.5 Å². The summed E-state index contributed by atoms with van der Waals surface area (Å²) < 4.78 is 13.4. The number of primary amides is 1. The van der Waals surface area contributed by atoms with Gasteiger partial charge in [-0.2, -0.15) is 0 Å². The van der Waals surface area contributed by atoms with Gasteiger partial charge in [-0.25, -0.2) is 4.79 Å². The van der Waals surface area contributed by atoms with Crippen molar-refractivity contribution in [2.24, 2.45) is 5.73 Å². The molecule has 0 fully saturated rings. The molecule has 2 heterocycles. The lowest BCUT2D eigenvalue weighted by atomic mass is 10.1. The lowest BCUT2D eigenvalue weighted by Gasteiger charge is -2.14. The van der Waals surface area contributed by atoms with Gasteiger partial charge in [0, 0.05) is 32.0 Å². The predicted molar refractivity (Wildman–Crippen MR) is 124 cm³/mol. The molecule has 2 aromatic heterocycles. The molecule has 0 aliphatic carbocycles. The van der Waals surface area contributed by atoms with Crippen LogP contribution < -0.4 is 15.2 Å². The predicted octanol–water partition coefficient (Wildman–Crippen LogP) is 4.18. The Morgan fingerprint density at radius 3 is 2.50 bits per heavy atom. The second-order valence-electron chi connectivity index (χ2n) is 7.86. The number of nitrogens with zero attached hydrogens (tertiary/aromatic N) is 2. The van der Waals surface area contributed by atoms with E-state index >= 15 is 0 Å². The number of benzene rings is 2. The minimum atomic E-state index is -0.549. The van der Waals surface area contributed by atoms with Crippen LogP contribution in [0.3, 0.4) is 0 Å². The zero-order valence-electron chi connectivity index (χ0n) is 18.3. The molecule has 32 heavy (non-hydrogen) atoms. The van der Waals surface area contributed by atoms with Crippen molar-refractivity contribution in [1.82, 2.24) is 9.30 Å². The van der Waals surface area contributed by atoms with Crippen molar-refractivity contribution in [3.8, 4) is 11.5 Å². The van der Waals surface area contributed by atoms with Gasteiger partial charge in [-0.05, 0) is 24.1 Å². The van der Waals surface area contributed by atoms with Gasteiger partial charge in [-0.3, -0.25) is 4.79 Å². The van der Waals surface area contributed by atoms with Gasteiger partial charge in [0.1, 0.15) is 11.3 Å². The van der Waals surface area contributed by atoms with Gasteiger partial charge in [0.2, 0.25) is 0 Å². The highest BCUT2D eigenvalue weighted by molar-refractivity contribution is 6.14. The number of rotatable bonds is 6. The third kappa shape index (κ3) is 4.09. The average Bonchev–Trinajstić information content (AvgIpc) is 3.08. The first kappa shape index (κ1) is 21.2. The topological polar surface area (TPSA) is 86.3 Å². The molecule has 0 saturated carbocycles. The van der Waals surface area contributed by atoms with Crippen LogP contribution in [0.25, 0.3) is 16.4 Å². The molecule has 7 heteroatoms. The number of hydrogen-bond donors (Lipinski definition) is 1. The number of amides is 2. The number of aromatic nitrogens is 1. The Morgan fingerprint density at radius 2 is 1.81 bits per heavy atom. The van der Waals surface area contributed by atoms with Crippen LogP contribution in [0.15, 0.2) is 60.8 Å². The summed E-state index contributed by atoms with van der Waals surface area (Å²) in [7, 11) is 3.22. The highest BCUT2D eigenvalue weighted by Gasteiger charge is 2.22. The van der Waals surface area contributed by atoms with Crippen LogP contribution in [0.2, 0.25) is 0 Å². The Hall–Kier alpha value is -4.00. The quantitative estimate of drug-likeness (QED) is 0.496. The highest BCUT2D eigenvalue weighted by atomic mass is 16.6. The van der Waals surface area contributed by atoms with Crippen molar-refractivity contribution < 1.29 is 19.1 Å². The second-order valence-corrected chi connectivity index (χ2v) is 7.86. The number of pyridine rings is 1. The fourth-order valence-corrected chi connectivity index (χ4v) is 3.69. The molecule has 0 atom stereocenters. The van der Waals surface area contributed by atoms with E-state index in [2.05, 4.69) is 0 Å². The van der Waals surface area contributed by atoms with E-state index in [1.165, 1.54) is 4.90 Å². The Bertz CT molecular complexity index is 1310. The van der Waals surface area contributed by atoms with Gasteiger partial charge in [0.15, 0.2) is 5.75 Å². The van der Waals surface area contributed by atoms with E-state index in [1.807, 2.05) is 55.5 Å². The van der Waals surface area contributed by atoms with Crippen LogP contribution in [-0.4, -0.2) is 42.0 Å². The molecule has 0 spiro atoms. The molecule has 0 radical (unpaired) electrons. The summed E-state index contributed by atoms with van der Waals surface area (Å²) in [6.45, 7) is 2.35. The van der Waals surface area contributed by atoms with E-state index in [1.54, 1.807) is 30.8 Å². The Labute approximate surface area is 185 Å². The third-order valence-corrected chi connectivity index (χ3v) is 5.23. The van der Waals surface area contributed by atoms with Crippen molar-refractivity contribution >= 4 is 28.4 Å². The van der Waals surface area contributed by atoms with E-state index < -0.39 is 12.0 Å². The van der Waals surface area contributed by atoms with Gasteiger partial charge in [0.25, 0.3) is 5.91 Å². The van der Waals surface area contributed by atoms with Crippen molar-refractivity contribution in [3.05, 3.63) is 77.5 Å².